The Kier molecular flexibility index (Phi) is 4.76. The van der Waals surface area contributed by atoms with Gasteiger partial charge in [0.15, 0.2) is 0 Å². The molecule has 18 heavy (non-hydrogen) atoms. The van der Waals surface area contributed by atoms with Gasteiger partial charge in [-0.1, -0.05) is 37.3 Å². The van der Waals surface area contributed by atoms with Gasteiger partial charge in [0.2, 0.25) is 5.91 Å². The van der Waals surface area contributed by atoms with Crippen molar-refractivity contribution in [1.82, 2.24) is 10.2 Å². The Bertz CT molecular complexity index is 377. The quantitative estimate of drug-likeness (QED) is 0.882. The summed E-state index contributed by atoms with van der Waals surface area (Å²) < 4.78 is 0. The smallest absolute Gasteiger partial charge is 0.222 e. The molecule has 3 nitrogen and oxygen atoms in total. The van der Waals surface area contributed by atoms with Crippen LogP contribution < -0.4 is 5.32 Å². The first-order valence-corrected chi connectivity index (χ1v) is 6.84. The van der Waals surface area contributed by atoms with Crippen molar-refractivity contribution in [3.63, 3.8) is 0 Å². The van der Waals surface area contributed by atoms with Crippen molar-refractivity contribution in [2.45, 2.75) is 32.2 Å². The van der Waals surface area contributed by atoms with Gasteiger partial charge in [-0.05, 0) is 24.9 Å². The highest BCUT2D eigenvalue weighted by Gasteiger charge is 2.20. The van der Waals surface area contributed by atoms with E-state index in [0.717, 1.165) is 32.5 Å². The Morgan fingerprint density at radius 2 is 2.17 bits per heavy atom. The molecule has 0 aromatic heterocycles. The van der Waals surface area contributed by atoms with Gasteiger partial charge in [-0.25, -0.2) is 0 Å². The van der Waals surface area contributed by atoms with Crippen molar-refractivity contribution >= 4 is 5.91 Å². The predicted octanol–water partition coefficient (Wildman–Crippen LogP) is 1.83. The largest absolute Gasteiger partial charge is 0.341 e. The molecular weight excluding hydrogens is 224 g/mol. The monoisotopic (exact) mass is 246 g/mol. The summed E-state index contributed by atoms with van der Waals surface area (Å²) in [4.78, 5) is 13.8. The van der Waals surface area contributed by atoms with Gasteiger partial charge < -0.3 is 10.2 Å². The summed E-state index contributed by atoms with van der Waals surface area (Å²) in [6.45, 7) is 4.67. The Hall–Kier alpha value is -1.35. The number of carbonyl (C=O) groups excluding carboxylic acids is 1. The van der Waals surface area contributed by atoms with Gasteiger partial charge in [0, 0.05) is 25.6 Å². The second kappa shape index (κ2) is 6.55. The average molecular weight is 246 g/mol. The lowest BCUT2D eigenvalue weighted by atomic mass is 10.1. The number of hydrogen-bond acceptors (Lipinski definition) is 2. The SMILES string of the molecule is CCC(=O)N1CCCNC(Cc2ccccc2)C1. The standard InChI is InChI=1S/C15H22N2O/c1-2-15(18)17-10-6-9-16-14(12-17)11-13-7-4-3-5-8-13/h3-5,7-8,14,16H,2,6,9-12H2,1H3. The fraction of sp³-hybridized carbons (Fsp3) is 0.533. The lowest BCUT2D eigenvalue weighted by molar-refractivity contribution is -0.130. The van der Waals surface area contributed by atoms with Crippen molar-refractivity contribution in [2.75, 3.05) is 19.6 Å². The van der Waals surface area contributed by atoms with Crippen molar-refractivity contribution in [2.24, 2.45) is 0 Å². The third-order valence-corrected chi connectivity index (χ3v) is 3.46. The summed E-state index contributed by atoms with van der Waals surface area (Å²) in [5.74, 6) is 0.275. The van der Waals surface area contributed by atoms with Gasteiger partial charge in [-0.3, -0.25) is 4.79 Å². The fourth-order valence-corrected chi connectivity index (χ4v) is 2.48. The average Bonchev–Trinajstić information content (AvgIpc) is 2.65. The zero-order valence-electron chi connectivity index (χ0n) is 11.1. The van der Waals surface area contributed by atoms with Gasteiger partial charge in [0.05, 0.1) is 0 Å². The highest BCUT2D eigenvalue weighted by Crippen LogP contribution is 2.08. The molecule has 1 fully saturated rings. The summed E-state index contributed by atoms with van der Waals surface area (Å²) in [6.07, 6.45) is 2.66. The van der Waals surface area contributed by atoms with E-state index in [2.05, 4.69) is 29.6 Å². The van der Waals surface area contributed by atoms with Gasteiger partial charge in [-0.2, -0.15) is 0 Å². The lowest BCUT2D eigenvalue weighted by Crippen LogP contribution is -2.41. The van der Waals surface area contributed by atoms with E-state index in [1.807, 2.05) is 17.9 Å². The molecule has 1 aliphatic heterocycles. The van der Waals surface area contributed by atoms with E-state index in [0.29, 0.717) is 12.5 Å². The molecule has 0 saturated carbocycles. The maximum Gasteiger partial charge on any atom is 0.222 e. The third kappa shape index (κ3) is 3.57. The molecule has 1 aromatic rings. The molecule has 1 atom stereocenters. The number of amides is 1. The molecular formula is C15H22N2O. The van der Waals surface area contributed by atoms with Crippen LogP contribution in [0.3, 0.4) is 0 Å². The molecule has 0 aliphatic carbocycles. The Morgan fingerprint density at radius 1 is 1.39 bits per heavy atom. The minimum absolute atomic E-state index is 0.275. The van der Waals surface area contributed by atoms with Crippen LogP contribution in [-0.4, -0.2) is 36.5 Å². The third-order valence-electron chi connectivity index (χ3n) is 3.46. The summed E-state index contributed by atoms with van der Waals surface area (Å²) in [5.41, 5.74) is 1.33. The Labute approximate surface area is 109 Å². The molecule has 1 saturated heterocycles. The molecule has 0 bridgehead atoms. The van der Waals surface area contributed by atoms with Crippen LogP contribution in [0.15, 0.2) is 30.3 Å². The van der Waals surface area contributed by atoms with Crippen LogP contribution >= 0.6 is 0 Å². The molecule has 1 aromatic carbocycles. The van der Waals surface area contributed by atoms with Gasteiger partial charge >= 0.3 is 0 Å². The van der Waals surface area contributed by atoms with E-state index in [1.165, 1.54) is 5.56 Å². The predicted molar refractivity (Wildman–Crippen MR) is 73.4 cm³/mol. The zero-order valence-corrected chi connectivity index (χ0v) is 11.1. The van der Waals surface area contributed by atoms with Gasteiger partial charge in [0.1, 0.15) is 0 Å². The summed E-state index contributed by atoms with van der Waals surface area (Å²) in [5, 5.41) is 3.55. The lowest BCUT2D eigenvalue weighted by Gasteiger charge is -2.24. The molecule has 0 radical (unpaired) electrons. The molecule has 1 heterocycles. The first-order chi connectivity index (χ1) is 8.79. The van der Waals surface area contributed by atoms with E-state index in [1.54, 1.807) is 0 Å². The second-order valence-electron chi connectivity index (χ2n) is 4.89. The summed E-state index contributed by atoms with van der Waals surface area (Å²) in [6, 6.07) is 10.9. The van der Waals surface area contributed by atoms with Crippen molar-refractivity contribution in [3.8, 4) is 0 Å². The number of nitrogens with one attached hydrogen (secondary N) is 1. The van der Waals surface area contributed by atoms with Gasteiger partial charge in [0.25, 0.3) is 0 Å². The highest BCUT2D eigenvalue weighted by atomic mass is 16.2. The zero-order chi connectivity index (χ0) is 12.8. The van der Waals surface area contributed by atoms with Crippen LogP contribution in [0.25, 0.3) is 0 Å². The molecule has 3 heteroatoms. The van der Waals surface area contributed by atoms with Crippen LogP contribution in [-0.2, 0) is 11.2 Å². The summed E-state index contributed by atoms with van der Waals surface area (Å²) >= 11 is 0. The van der Waals surface area contributed by atoms with E-state index < -0.39 is 0 Å². The minimum atomic E-state index is 0.275. The van der Waals surface area contributed by atoms with Gasteiger partial charge in [-0.15, -0.1) is 0 Å². The van der Waals surface area contributed by atoms with Crippen LogP contribution in [0.5, 0.6) is 0 Å². The molecule has 1 aliphatic rings. The number of nitrogens with zero attached hydrogens (tertiary/aromatic N) is 1. The molecule has 1 unspecified atom stereocenters. The van der Waals surface area contributed by atoms with E-state index in [9.17, 15) is 4.79 Å². The molecule has 0 spiro atoms. The number of carbonyl (C=O) groups is 1. The number of rotatable bonds is 3. The van der Waals surface area contributed by atoms with Crippen molar-refractivity contribution < 1.29 is 4.79 Å². The van der Waals surface area contributed by atoms with E-state index in [4.69, 9.17) is 0 Å². The van der Waals surface area contributed by atoms with E-state index in [-0.39, 0.29) is 5.91 Å². The van der Waals surface area contributed by atoms with Crippen LogP contribution in [0.4, 0.5) is 0 Å². The number of hydrogen-bond donors (Lipinski definition) is 1. The minimum Gasteiger partial charge on any atom is -0.341 e. The van der Waals surface area contributed by atoms with Crippen molar-refractivity contribution in [1.29, 1.82) is 0 Å². The first kappa shape index (κ1) is 13.1. The highest BCUT2D eigenvalue weighted by molar-refractivity contribution is 5.75. The molecule has 2 rings (SSSR count). The second-order valence-corrected chi connectivity index (χ2v) is 4.89. The van der Waals surface area contributed by atoms with Crippen LogP contribution in [0.1, 0.15) is 25.3 Å². The van der Waals surface area contributed by atoms with E-state index >= 15 is 0 Å². The summed E-state index contributed by atoms with van der Waals surface area (Å²) in [7, 11) is 0. The number of benzene rings is 1. The molecule has 1 amide bonds. The Balaban J connectivity index is 1.97. The first-order valence-electron chi connectivity index (χ1n) is 6.84. The topological polar surface area (TPSA) is 32.3 Å². The van der Waals surface area contributed by atoms with Crippen molar-refractivity contribution in [3.05, 3.63) is 35.9 Å². The van der Waals surface area contributed by atoms with Crippen LogP contribution in [0.2, 0.25) is 0 Å². The molecule has 98 valence electrons. The maximum absolute atomic E-state index is 11.8. The maximum atomic E-state index is 11.8. The van der Waals surface area contributed by atoms with Crippen LogP contribution in [0, 0.1) is 0 Å². The fourth-order valence-electron chi connectivity index (χ4n) is 2.48. The Morgan fingerprint density at radius 3 is 2.89 bits per heavy atom. The normalized spacial score (nSPS) is 20.5. The molecule has 1 N–H and O–H groups in total.